The van der Waals surface area contributed by atoms with E-state index in [0.29, 0.717) is 66.2 Å². The van der Waals surface area contributed by atoms with Gasteiger partial charge in [0.25, 0.3) is 5.91 Å². The normalized spacial score (nSPS) is 19.5. The zero-order chi connectivity index (χ0) is 30.5. The first-order chi connectivity index (χ1) is 20.5. The van der Waals surface area contributed by atoms with Crippen molar-refractivity contribution in [3.05, 3.63) is 53.6 Å². The van der Waals surface area contributed by atoms with Crippen molar-refractivity contribution in [3.63, 3.8) is 0 Å². The summed E-state index contributed by atoms with van der Waals surface area (Å²) in [5.41, 5.74) is 1.43. The molecule has 6 rings (SSSR count). The Hall–Kier alpha value is -3.82. The number of hydrogen-bond donors (Lipinski definition) is 2. The van der Waals surface area contributed by atoms with Crippen molar-refractivity contribution in [2.75, 3.05) is 37.6 Å². The lowest BCUT2D eigenvalue weighted by atomic mass is 9.88. The summed E-state index contributed by atoms with van der Waals surface area (Å²) in [6, 6.07) is 15.2. The SMILES string of the molecule is CC(C)(C)C(=O)Oc1cc(-c2cc3c(cc2Cl)N(CC2CNC2)C(=O)C(C2CCN(C(=O)O)CC2)O3)c2ccccc2c1. The number of nitrogens with zero attached hydrogens (tertiary/aromatic N) is 2. The molecule has 3 aliphatic rings. The predicted octanol–water partition coefficient (Wildman–Crippen LogP) is 5.82. The Balaban J connectivity index is 1.41. The van der Waals surface area contributed by atoms with Gasteiger partial charge in [-0.15, -0.1) is 0 Å². The van der Waals surface area contributed by atoms with E-state index < -0.39 is 17.6 Å². The van der Waals surface area contributed by atoms with Crippen molar-refractivity contribution in [1.82, 2.24) is 10.2 Å². The van der Waals surface area contributed by atoms with Crippen LogP contribution in [0.15, 0.2) is 48.5 Å². The first-order valence-electron chi connectivity index (χ1n) is 14.7. The molecule has 9 nitrogen and oxygen atoms in total. The third-order valence-electron chi connectivity index (χ3n) is 8.60. The van der Waals surface area contributed by atoms with Crippen LogP contribution in [-0.4, -0.2) is 66.8 Å². The van der Waals surface area contributed by atoms with E-state index in [4.69, 9.17) is 21.1 Å². The molecule has 2 saturated heterocycles. The average Bonchev–Trinajstić information content (AvgIpc) is 2.94. The number of anilines is 1. The lowest BCUT2D eigenvalue weighted by Crippen LogP contribution is -2.56. The van der Waals surface area contributed by atoms with Gasteiger partial charge in [0.15, 0.2) is 6.10 Å². The summed E-state index contributed by atoms with van der Waals surface area (Å²) < 4.78 is 12.3. The van der Waals surface area contributed by atoms with Gasteiger partial charge in [0, 0.05) is 50.1 Å². The number of piperidine rings is 1. The quantitative estimate of drug-likeness (QED) is 0.279. The predicted molar refractivity (Wildman–Crippen MR) is 165 cm³/mol. The molecule has 1 atom stereocenters. The van der Waals surface area contributed by atoms with Gasteiger partial charge >= 0.3 is 12.1 Å². The molecule has 0 aliphatic carbocycles. The van der Waals surface area contributed by atoms with Gasteiger partial charge in [0.1, 0.15) is 11.5 Å². The van der Waals surface area contributed by atoms with Crippen LogP contribution >= 0.6 is 11.6 Å². The third kappa shape index (κ3) is 5.76. The Kier molecular flexibility index (Phi) is 7.73. The number of ether oxygens (including phenoxy) is 2. The van der Waals surface area contributed by atoms with Gasteiger partial charge in [-0.2, -0.15) is 0 Å². The molecule has 10 heteroatoms. The van der Waals surface area contributed by atoms with Crippen LogP contribution in [0.5, 0.6) is 11.5 Å². The van der Waals surface area contributed by atoms with E-state index in [-0.39, 0.29) is 17.8 Å². The maximum absolute atomic E-state index is 13.9. The van der Waals surface area contributed by atoms with Crippen LogP contribution in [0, 0.1) is 17.3 Å². The highest BCUT2D eigenvalue weighted by Crippen LogP contribution is 2.46. The van der Waals surface area contributed by atoms with Gasteiger partial charge in [0.2, 0.25) is 0 Å². The summed E-state index contributed by atoms with van der Waals surface area (Å²) >= 11 is 6.98. The number of amides is 2. The van der Waals surface area contributed by atoms with Crippen molar-refractivity contribution >= 4 is 46.0 Å². The number of carboxylic acid groups (broad SMARTS) is 1. The number of fused-ring (bicyclic) bond motifs is 2. The molecule has 2 amide bonds. The van der Waals surface area contributed by atoms with Crippen molar-refractivity contribution in [2.24, 2.45) is 17.3 Å². The maximum Gasteiger partial charge on any atom is 0.407 e. The first kappa shape index (κ1) is 29.3. The van der Waals surface area contributed by atoms with Gasteiger partial charge in [-0.25, -0.2) is 4.79 Å². The summed E-state index contributed by atoms with van der Waals surface area (Å²) in [6.45, 7) is 8.37. The molecular formula is C33H36ClN3O6. The van der Waals surface area contributed by atoms with Gasteiger partial charge in [-0.05, 0) is 74.2 Å². The molecule has 0 aromatic heterocycles. The van der Waals surface area contributed by atoms with E-state index in [9.17, 15) is 19.5 Å². The molecule has 0 radical (unpaired) electrons. The van der Waals surface area contributed by atoms with Gasteiger partial charge < -0.3 is 29.7 Å². The van der Waals surface area contributed by atoms with E-state index in [0.717, 1.165) is 29.4 Å². The minimum Gasteiger partial charge on any atom is -0.478 e. The van der Waals surface area contributed by atoms with Crippen LogP contribution < -0.4 is 19.7 Å². The highest BCUT2D eigenvalue weighted by atomic mass is 35.5. The number of rotatable bonds is 5. The Morgan fingerprint density at radius 1 is 1.07 bits per heavy atom. The average molecular weight is 606 g/mol. The molecule has 3 aromatic carbocycles. The summed E-state index contributed by atoms with van der Waals surface area (Å²) in [4.78, 5) is 41.3. The van der Waals surface area contributed by atoms with E-state index in [1.165, 1.54) is 4.90 Å². The molecule has 226 valence electrons. The van der Waals surface area contributed by atoms with Gasteiger partial charge in [0.05, 0.1) is 16.1 Å². The largest absolute Gasteiger partial charge is 0.478 e. The van der Waals surface area contributed by atoms with Crippen molar-refractivity contribution < 1.29 is 29.0 Å². The standard InChI is InChI=1S/C33H36ClN3O6/c1-33(2,3)31(39)42-22-12-21-6-4-5-7-23(21)24(13-22)25-14-28-27(15-26(25)34)37(18-19-16-35-17-19)30(38)29(43-28)20-8-10-36(11-9-20)32(40)41/h4-7,12-15,19-20,29,35H,8-11,16-18H2,1-3H3,(H,40,41). The van der Waals surface area contributed by atoms with Crippen LogP contribution in [0.1, 0.15) is 33.6 Å². The molecule has 0 bridgehead atoms. The Bertz CT molecular complexity index is 1590. The second-order valence-corrected chi connectivity index (χ2v) is 13.2. The van der Waals surface area contributed by atoms with E-state index >= 15 is 0 Å². The highest BCUT2D eigenvalue weighted by molar-refractivity contribution is 6.34. The third-order valence-corrected chi connectivity index (χ3v) is 8.91. The van der Waals surface area contributed by atoms with Crippen LogP contribution in [0.2, 0.25) is 5.02 Å². The molecule has 3 heterocycles. The molecule has 2 fully saturated rings. The Morgan fingerprint density at radius 3 is 2.44 bits per heavy atom. The number of carbonyl (C=O) groups excluding carboxylic acids is 2. The van der Waals surface area contributed by atoms with Crippen LogP contribution in [0.25, 0.3) is 21.9 Å². The van der Waals surface area contributed by atoms with Crippen LogP contribution in [0.4, 0.5) is 10.5 Å². The molecule has 1 unspecified atom stereocenters. The highest BCUT2D eigenvalue weighted by Gasteiger charge is 2.42. The molecule has 0 saturated carbocycles. The topological polar surface area (TPSA) is 108 Å². The number of likely N-dealkylation sites (tertiary alicyclic amines) is 1. The first-order valence-corrected chi connectivity index (χ1v) is 15.1. The molecule has 3 aromatic rings. The smallest absolute Gasteiger partial charge is 0.407 e. The van der Waals surface area contributed by atoms with E-state index in [1.807, 2.05) is 63.2 Å². The van der Waals surface area contributed by atoms with Crippen LogP contribution in [0.3, 0.4) is 0 Å². The van der Waals surface area contributed by atoms with Crippen molar-refractivity contribution in [1.29, 1.82) is 0 Å². The molecule has 3 aliphatic heterocycles. The molecular weight excluding hydrogens is 570 g/mol. The van der Waals surface area contributed by atoms with Gasteiger partial charge in [-0.3, -0.25) is 9.59 Å². The number of halogens is 1. The van der Waals surface area contributed by atoms with E-state index in [1.54, 1.807) is 11.0 Å². The number of carbonyl (C=O) groups is 3. The fourth-order valence-electron chi connectivity index (χ4n) is 5.95. The maximum atomic E-state index is 13.9. The molecule has 0 spiro atoms. The minimum absolute atomic E-state index is 0.112. The van der Waals surface area contributed by atoms with Crippen LogP contribution in [-0.2, 0) is 9.59 Å². The summed E-state index contributed by atoms with van der Waals surface area (Å²) in [6.07, 6.45) is -0.575. The number of nitrogens with one attached hydrogen (secondary N) is 1. The zero-order valence-corrected chi connectivity index (χ0v) is 25.3. The summed E-state index contributed by atoms with van der Waals surface area (Å²) in [5.74, 6) is 0.724. The number of hydrogen-bond acceptors (Lipinski definition) is 6. The number of benzene rings is 3. The second-order valence-electron chi connectivity index (χ2n) is 12.7. The summed E-state index contributed by atoms with van der Waals surface area (Å²) in [5, 5.41) is 15.0. The summed E-state index contributed by atoms with van der Waals surface area (Å²) in [7, 11) is 0. The zero-order valence-electron chi connectivity index (χ0n) is 24.6. The van der Waals surface area contributed by atoms with Crippen molar-refractivity contribution in [2.45, 2.75) is 39.7 Å². The molecule has 2 N–H and O–H groups in total. The lowest BCUT2D eigenvalue weighted by molar-refractivity contribution is -0.143. The number of esters is 1. The van der Waals surface area contributed by atoms with Crippen molar-refractivity contribution in [3.8, 4) is 22.6 Å². The monoisotopic (exact) mass is 605 g/mol. The van der Waals surface area contributed by atoms with E-state index in [2.05, 4.69) is 5.32 Å². The molecule has 43 heavy (non-hydrogen) atoms. The lowest BCUT2D eigenvalue weighted by Gasteiger charge is -2.42. The Morgan fingerprint density at radius 2 is 1.79 bits per heavy atom. The van der Waals surface area contributed by atoms with Gasteiger partial charge in [-0.1, -0.05) is 35.9 Å². The minimum atomic E-state index is -0.944. The Labute approximate surface area is 255 Å². The second kappa shape index (κ2) is 11.4. The fraction of sp³-hybridized carbons (Fsp3) is 0.424. The fourth-order valence-corrected chi connectivity index (χ4v) is 6.21.